The first-order valence-corrected chi connectivity index (χ1v) is 6.94. The van der Waals surface area contributed by atoms with E-state index in [9.17, 15) is 15.0 Å². The van der Waals surface area contributed by atoms with Gasteiger partial charge in [0.15, 0.2) is 0 Å². The molecule has 0 aliphatic heterocycles. The summed E-state index contributed by atoms with van der Waals surface area (Å²) < 4.78 is 1.69. The minimum absolute atomic E-state index is 0.119. The lowest BCUT2D eigenvalue weighted by atomic mass is 10.1. The summed E-state index contributed by atoms with van der Waals surface area (Å²) in [5, 5.41) is 27.5. The Labute approximate surface area is 116 Å². The third-order valence-corrected chi connectivity index (χ3v) is 3.99. The van der Waals surface area contributed by atoms with Crippen molar-refractivity contribution in [2.45, 2.75) is 44.2 Å². The molecule has 2 atom stereocenters. The Hall–Kier alpha value is -1.95. The summed E-state index contributed by atoms with van der Waals surface area (Å²) >= 11 is 0. The number of aromatic carboxylic acids is 1. The van der Waals surface area contributed by atoms with Gasteiger partial charge in [-0.2, -0.15) is 0 Å². The van der Waals surface area contributed by atoms with Gasteiger partial charge in [0.2, 0.25) is 0 Å². The van der Waals surface area contributed by atoms with Crippen LogP contribution in [0.5, 0.6) is 0 Å². The van der Waals surface area contributed by atoms with E-state index in [1.165, 1.54) is 6.07 Å². The van der Waals surface area contributed by atoms with Crippen LogP contribution in [0.4, 0.5) is 0 Å². The fourth-order valence-corrected chi connectivity index (χ4v) is 2.93. The molecular weight excluding hydrogens is 258 g/mol. The number of benzene rings is 1. The van der Waals surface area contributed by atoms with Crippen molar-refractivity contribution < 1.29 is 15.0 Å². The Bertz CT molecular complexity index is 638. The molecule has 1 aliphatic carbocycles. The third kappa shape index (κ3) is 2.16. The minimum atomic E-state index is -1.01. The molecule has 0 spiro atoms. The predicted octanol–water partition coefficient (Wildman–Crippen LogP) is 2.00. The van der Waals surface area contributed by atoms with E-state index in [1.807, 2.05) is 0 Å². The van der Waals surface area contributed by atoms with Crippen LogP contribution >= 0.6 is 0 Å². The smallest absolute Gasteiger partial charge is 0.338 e. The summed E-state index contributed by atoms with van der Waals surface area (Å²) in [5.74, 6) is -1.01. The standard InChI is InChI=1S/C14H17N3O3/c18-12-8-3-1-2-6-10(12)17-11-7-4-5-9(14(19)20)13(11)15-16-17/h4-5,7,10,12,18H,1-3,6,8H2,(H,19,20). The minimum Gasteiger partial charge on any atom is -0.478 e. The van der Waals surface area contributed by atoms with E-state index in [4.69, 9.17) is 0 Å². The molecule has 1 heterocycles. The highest BCUT2D eigenvalue weighted by atomic mass is 16.4. The first-order chi connectivity index (χ1) is 9.68. The quantitative estimate of drug-likeness (QED) is 0.818. The largest absolute Gasteiger partial charge is 0.478 e. The SMILES string of the molecule is O=C(O)c1cccc2c1nnn2C1CCCCCC1O. The topological polar surface area (TPSA) is 88.2 Å². The van der Waals surface area contributed by atoms with Gasteiger partial charge in [-0.3, -0.25) is 0 Å². The van der Waals surface area contributed by atoms with E-state index in [-0.39, 0.29) is 11.6 Å². The van der Waals surface area contributed by atoms with Crippen LogP contribution in [0.15, 0.2) is 18.2 Å². The molecule has 1 aromatic heterocycles. The zero-order valence-corrected chi connectivity index (χ0v) is 11.1. The lowest BCUT2D eigenvalue weighted by Crippen LogP contribution is -2.24. The van der Waals surface area contributed by atoms with E-state index >= 15 is 0 Å². The molecule has 0 bridgehead atoms. The van der Waals surface area contributed by atoms with Crippen molar-refractivity contribution in [3.05, 3.63) is 23.8 Å². The monoisotopic (exact) mass is 275 g/mol. The molecule has 6 nitrogen and oxygen atoms in total. The number of aliphatic hydroxyl groups excluding tert-OH is 1. The normalized spacial score (nSPS) is 23.6. The van der Waals surface area contributed by atoms with Crippen molar-refractivity contribution in [3.63, 3.8) is 0 Å². The molecular formula is C14H17N3O3. The second-order valence-corrected chi connectivity index (χ2v) is 5.29. The Morgan fingerprint density at radius 1 is 1.25 bits per heavy atom. The zero-order chi connectivity index (χ0) is 14.1. The number of rotatable bonds is 2. The Morgan fingerprint density at radius 2 is 2.05 bits per heavy atom. The van der Waals surface area contributed by atoms with Gasteiger partial charge in [0.25, 0.3) is 0 Å². The molecule has 0 radical (unpaired) electrons. The fraction of sp³-hybridized carbons (Fsp3) is 0.500. The maximum atomic E-state index is 11.2. The number of carbonyl (C=O) groups is 1. The molecule has 0 amide bonds. The predicted molar refractivity (Wildman–Crippen MR) is 72.6 cm³/mol. The summed E-state index contributed by atoms with van der Waals surface area (Å²) in [5.41, 5.74) is 1.21. The van der Waals surface area contributed by atoms with Gasteiger partial charge in [0.1, 0.15) is 5.52 Å². The molecule has 3 rings (SSSR count). The van der Waals surface area contributed by atoms with Crippen LogP contribution in [0.1, 0.15) is 48.5 Å². The van der Waals surface area contributed by atoms with Gasteiger partial charge in [-0.25, -0.2) is 9.48 Å². The van der Waals surface area contributed by atoms with Crippen molar-refractivity contribution in [3.8, 4) is 0 Å². The molecule has 106 valence electrons. The third-order valence-electron chi connectivity index (χ3n) is 3.99. The van der Waals surface area contributed by atoms with Crippen LogP contribution in [-0.4, -0.2) is 37.3 Å². The van der Waals surface area contributed by atoms with Crippen LogP contribution in [0.25, 0.3) is 11.0 Å². The number of aliphatic hydroxyl groups is 1. The second kappa shape index (κ2) is 5.20. The molecule has 1 aromatic carbocycles. The van der Waals surface area contributed by atoms with E-state index in [0.717, 1.165) is 32.1 Å². The number of hydrogen-bond donors (Lipinski definition) is 2. The maximum absolute atomic E-state index is 11.2. The Kier molecular flexibility index (Phi) is 3.40. The number of carboxylic acid groups (broad SMARTS) is 1. The Balaban J connectivity index is 2.08. The summed E-state index contributed by atoms with van der Waals surface area (Å²) in [6.07, 6.45) is 4.32. The fourth-order valence-electron chi connectivity index (χ4n) is 2.93. The van der Waals surface area contributed by atoms with Gasteiger partial charge < -0.3 is 10.2 Å². The highest BCUT2D eigenvalue weighted by molar-refractivity contribution is 6.00. The van der Waals surface area contributed by atoms with Gasteiger partial charge >= 0.3 is 5.97 Å². The molecule has 1 aliphatic rings. The maximum Gasteiger partial charge on any atom is 0.338 e. The number of nitrogens with zero attached hydrogens (tertiary/aromatic N) is 3. The summed E-state index contributed by atoms with van der Waals surface area (Å²) in [4.78, 5) is 11.2. The summed E-state index contributed by atoms with van der Waals surface area (Å²) in [7, 11) is 0. The molecule has 20 heavy (non-hydrogen) atoms. The average molecular weight is 275 g/mol. The van der Waals surface area contributed by atoms with Crippen LogP contribution in [0, 0.1) is 0 Å². The van der Waals surface area contributed by atoms with Gasteiger partial charge in [-0.1, -0.05) is 30.5 Å². The average Bonchev–Trinajstić information content (AvgIpc) is 2.74. The molecule has 2 aromatic rings. The van der Waals surface area contributed by atoms with E-state index < -0.39 is 12.1 Å². The molecule has 1 fully saturated rings. The number of carboxylic acids is 1. The van der Waals surface area contributed by atoms with Crippen molar-refractivity contribution in [1.29, 1.82) is 0 Å². The van der Waals surface area contributed by atoms with Gasteiger partial charge in [-0.15, -0.1) is 5.10 Å². The van der Waals surface area contributed by atoms with Crippen molar-refractivity contribution in [2.24, 2.45) is 0 Å². The highest BCUT2D eigenvalue weighted by Gasteiger charge is 2.26. The number of fused-ring (bicyclic) bond motifs is 1. The van der Waals surface area contributed by atoms with Gasteiger partial charge in [-0.05, 0) is 25.0 Å². The van der Waals surface area contributed by atoms with Crippen molar-refractivity contribution in [2.75, 3.05) is 0 Å². The number of aromatic nitrogens is 3. The first-order valence-electron chi connectivity index (χ1n) is 6.94. The van der Waals surface area contributed by atoms with Crippen LogP contribution in [-0.2, 0) is 0 Å². The second-order valence-electron chi connectivity index (χ2n) is 5.29. The molecule has 2 N–H and O–H groups in total. The van der Waals surface area contributed by atoms with E-state index in [0.29, 0.717) is 11.0 Å². The van der Waals surface area contributed by atoms with E-state index in [2.05, 4.69) is 10.3 Å². The molecule has 6 heteroatoms. The van der Waals surface area contributed by atoms with Crippen LogP contribution in [0.2, 0.25) is 0 Å². The van der Waals surface area contributed by atoms with Crippen molar-refractivity contribution >= 4 is 17.0 Å². The van der Waals surface area contributed by atoms with Gasteiger partial charge in [0.05, 0.1) is 23.2 Å². The number of hydrogen-bond acceptors (Lipinski definition) is 4. The van der Waals surface area contributed by atoms with E-state index in [1.54, 1.807) is 16.8 Å². The first kappa shape index (κ1) is 13.1. The van der Waals surface area contributed by atoms with Crippen LogP contribution < -0.4 is 0 Å². The van der Waals surface area contributed by atoms with Gasteiger partial charge in [0, 0.05) is 0 Å². The lowest BCUT2D eigenvalue weighted by Gasteiger charge is -2.20. The van der Waals surface area contributed by atoms with Crippen molar-refractivity contribution in [1.82, 2.24) is 15.0 Å². The lowest BCUT2D eigenvalue weighted by molar-refractivity contribution is 0.0699. The zero-order valence-electron chi connectivity index (χ0n) is 11.1. The molecule has 1 saturated carbocycles. The summed E-state index contributed by atoms with van der Waals surface area (Å²) in [6.45, 7) is 0. The molecule has 2 unspecified atom stereocenters. The Morgan fingerprint density at radius 3 is 2.85 bits per heavy atom. The molecule has 0 saturated heterocycles. The van der Waals surface area contributed by atoms with Crippen LogP contribution in [0.3, 0.4) is 0 Å². The highest BCUT2D eigenvalue weighted by Crippen LogP contribution is 2.30. The summed E-state index contributed by atoms with van der Waals surface area (Å²) in [6, 6.07) is 4.90.